The molecule has 7 heteroatoms. The van der Waals surface area contributed by atoms with Gasteiger partial charge in [-0.25, -0.2) is 14.4 Å². The Hall–Kier alpha value is -2.70. The van der Waals surface area contributed by atoms with E-state index < -0.39 is 0 Å². The highest BCUT2D eigenvalue weighted by molar-refractivity contribution is 5.93. The summed E-state index contributed by atoms with van der Waals surface area (Å²) in [6, 6.07) is 8.47. The number of benzene rings is 1. The minimum Gasteiger partial charge on any atom is -0.368 e. The van der Waals surface area contributed by atoms with Crippen molar-refractivity contribution in [2.45, 2.75) is 33.2 Å². The van der Waals surface area contributed by atoms with Crippen LogP contribution in [0.25, 0.3) is 0 Å². The summed E-state index contributed by atoms with van der Waals surface area (Å²) in [6.45, 7) is 8.59. The second-order valence-corrected chi connectivity index (χ2v) is 6.89. The number of hydrogen-bond acceptors (Lipinski definition) is 5. The third kappa shape index (κ3) is 4.72. The fraction of sp³-hybridized carbons (Fsp3) is 0.450. The molecule has 0 saturated carbocycles. The molecule has 1 fully saturated rings. The molecule has 1 aliphatic heterocycles. The van der Waals surface area contributed by atoms with Gasteiger partial charge in [-0.2, -0.15) is 0 Å². The smallest absolute Gasteiger partial charge is 0.272 e. The third-order valence-electron chi connectivity index (χ3n) is 4.82. The predicted molar refractivity (Wildman–Crippen MR) is 105 cm³/mol. The van der Waals surface area contributed by atoms with Crippen LogP contribution >= 0.6 is 0 Å². The molecule has 0 aliphatic carbocycles. The van der Waals surface area contributed by atoms with Crippen molar-refractivity contribution in [3.63, 3.8) is 0 Å². The Morgan fingerprint density at radius 3 is 2.48 bits per heavy atom. The number of halogens is 1. The fourth-order valence-corrected chi connectivity index (χ4v) is 3.09. The Kier molecular flexibility index (Phi) is 5.88. The molecule has 1 aliphatic rings. The Morgan fingerprint density at radius 1 is 1.19 bits per heavy atom. The summed E-state index contributed by atoms with van der Waals surface area (Å²) in [4.78, 5) is 25.6. The van der Waals surface area contributed by atoms with Crippen LogP contribution in [0.2, 0.25) is 0 Å². The average molecular weight is 371 g/mol. The van der Waals surface area contributed by atoms with Gasteiger partial charge in [0.05, 0.1) is 0 Å². The third-order valence-corrected chi connectivity index (χ3v) is 4.82. The number of rotatable bonds is 5. The normalized spacial score (nSPS) is 15.6. The molecule has 1 N–H and O–H groups in total. The molecule has 1 unspecified atom stereocenters. The van der Waals surface area contributed by atoms with E-state index in [1.54, 1.807) is 25.1 Å². The Bertz CT molecular complexity index is 787. The Balaban J connectivity index is 1.66. The summed E-state index contributed by atoms with van der Waals surface area (Å²) < 4.78 is 13.1. The summed E-state index contributed by atoms with van der Waals surface area (Å²) in [5.74, 6) is 0.946. The molecule has 27 heavy (non-hydrogen) atoms. The number of anilines is 2. The number of aromatic nitrogens is 2. The van der Waals surface area contributed by atoms with Gasteiger partial charge in [0.15, 0.2) is 0 Å². The van der Waals surface area contributed by atoms with Crippen molar-refractivity contribution in [3.05, 3.63) is 47.7 Å². The molecule has 3 rings (SSSR count). The number of hydrogen-bond donors (Lipinski definition) is 1. The van der Waals surface area contributed by atoms with E-state index in [2.05, 4.69) is 34.0 Å². The summed E-state index contributed by atoms with van der Waals surface area (Å²) in [7, 11) is 0. The van der Waals surface area contributed by atoms with Crippen LogP contribution in [-0.4, -0.2) is 53.0 Å². The standard InChI is InChI=1S/C20H26FN5O/c1-4-14(2)22-19-13-18(23-15(3)24-19)20(27)26-11-9-25(10-12-26)17-7-5-16(21)6-8-17/h5-8,13-14H,4,9-12H2,1-3H3,(H,22,23,24). The number of aryl methyl sites for hydroxylation is 1. The fourth-order valence-electron chi connectivity index (χ4n) is 3.09. The Morgan fingerprint density at radius 2 is 1.85 bits per heavy atom. The van der Waals surface area contributed by atoms with Crippen molar-refractivity contribution in [1.29, 1.82) is 0 Å². The SMILES string of the molecule is CCC(C)Nc1cc(C(=O)N2CCN(c3ccc(F)cc3)CC2)nc(C)n1. The molecule has 6 nitrogen and oxygen atoms in total. The first-order valence-electron chi connectivity index (χ1n) is 9.38. The van der Waals surface area contributed by atoms with Crippen LogP contribution in [0.1, 0.15) is 36.6 Å². The lowest BCUT2D eigenvalue weighted by molar-refractivity contribution is 0.0740. The number of piperazine rings is 1. The average Bonchev–Trinajstić information content (AvgIpc) is 2.67. The van der Waals surface area contributed by atoms with Crippen LogP contribution in [0, 0.1) is 12.7 Å². The van der Waals surface area contributed by atoms with E-state index >= 15 is 0 Å². The molecule has 144 valence electrons. The van der Waals surface area contributed by atoms with Gasteiger partial charge in [0.25, 0.3) is 5.91 Å². The van der Waals surface area contributed by atoms with E-state index in [1.165, 1.54) is 12.1 Å². The molecule has 0 bridgehead atoms. The van der Waals surface area contributed by atoms with Gasteiger partial charge >= 0.3 is 0 Å². The lowest BCUT2D eigenvalue weighted by Gasteiger charge is -2.36. The van der Waals surface area contributed by atoms with E-state index in [0.29, 0.717) is 43.5 Å². The van der Waals surface area contributed by atoms with E-state index in [-0.39, 0.29) is 17.8 Å². The molecular weight excluding hydrogens is 345 g/mol. The molecular formula is C20H26FN5O. The Labute approximate surface area is 159 Å². The number of carbonyl (C=O) groups is 1. The molecule has 0 radical (unpaired) electrons. The van der Waals surface area contributed by atoms with Crippen LogP contribution in [0.5, 0.6) is 0 Å². The van der Waals surface area contributed by atoms with Crippen LogP contribution in [0.3, 0.4) is 0 Å². The van der Waals surface area contributed by atoms with Crippen molar-refractivity contribution in [2.75, 3.05) is 36.4 Å². The predicted octanol–water partition coefficient (Wildman–Crippen LogP) is 3.10. The van der Waals surface area contributed by atoms with Gasteiger partial charge in [-0.1, -0.05) is 6.92 Å². The maximum atomic E-state index is 13.1. The van der Waals surface area contributed by atoms with Gasteiger partial charge in [-0.05, 0) is 44.5 Å². The maximum Gasteiger partial charge on any atom is 0.272 e. The van der Waals surface area contributed by atoms with E-state index in [1.807, 2.05) is 4.90 Å². The molecule has 2 aromatic rings. The largest absolute Gasteiger partial charge is 0.368 e. The zero-order valence-electron chi connectivity index (χ0n) is 16.1. The minimum absolute atomic E-state index is 0.0774. The molecule has 0 spiro atoms. The van der Waals surface area contributed by atoms with Gasteiger partial charge in [0.2, 0.25) is 0 Å². The number of nitrogens with one attached hydrogen (secondary N) is 1. The van der Waals surface area contributed by atoms with E-state index in [4.69, 9.17) is 0 Å². The second-order valence-electron chi connectivity index (χ2n) is 6.89. The lowest BCUT2D eigenvalue weighted by Crippen LogP contribution is -2.49. The zero-order chi connectivity index (χ0) is 19.4. The highest BCUT2D eigenvalue weighted by atomic mass is 19.1. The number of carbonyl (C=O) groups excluding carboxylic acids is 1. The number of nitrogens with zero attached hydrogens (tertiary/aromatic N) is 4. The molecule has 1 amide bonds. The van der Waals surface area contributed by atoms with Crippen LogP contribution < -0.4 is 10.2 Å². The van der Waals surface area contributed by atoms with E-state index in [9.17, 15) is 9.18 Å². The highest BCUT2D eigenvalue weighted by Gasteiger charge is 2.24. The van der Waals surface area contributed by atoms with Crippen LogP contribution in [-0.2, 0) is 0 Å². The lowest BCUT2D eigenvalue weighted by atomic mass is 10.2. The zero-order valence-corrected chi connectivity index (χ0v) is 16.1. The minimum atomic E-state index is -0.242. The number of amides is 1. The molecule has 1 aromatic heterocycles. The van der Waals surface area contributed by atoms with Gasteiger partial charge < -0.3 is 15.1 Å². The molecule has 1 saturated heterocycles. The van der Waals surface area contributed by atoms with E-state index in [0.717, 1.165) is 12.1 Å². The second kappa shape index (κ2) is 8.33. The highest BCUT2D eigenvalue weighted by Crippen LogP contribution is 2.18. The summed E-state index contributed by atoms with van der Waals surface area (Å²) in [6.07, 6.45) is 0.970. The van der Waals surface area contributed by atoms with Gasteiger partial charge in [-0.15, -0.1) is 0 Å². The van der Waals surface area contributed by atoms with Crippen molar-refractivity contribution in [1.82, 2.24) is 14.9 Å². The summed E-state index contributed by atoms with van der Waals surface area (Å²) >= 11 is 0. The summed E-state index contributed by atoms with van der Waals surface area (Å²) in [5.41, 5.74) is 1.39. The van der Waals surface area contributed by atoms with Crippen molar-refractivity contribution < 1.29 is 9.18 Å². The first-order valence-corrected chi connectivity index (χ1v) is 9.38. The molecule has 1 aromatic carbocycles. The quantitative estimate of drug-likeness (QED) is 0.875. The first kappa shape index (κ1) is 19.1. The van der Waals surface area contributed by atoms with Gasteiger partial charge in [-0.3, -0.25) is 4.79 Å². The topological polar surface area (TPSA) is 61.4 Å². The first-order chi connectivity index (χ1) is 13.0. The van der Waals surface area contributed by atoms with Gasteiger partial charge in [0.1, 0.15) is 23.2 Å². The van der Waals surface area contributed by atoms with Crippen molar-refractivity contribution in [2.24, 2.45) is 0 Å². The van der Waals surface area contributed by atoms with Crippen LogP contribution in [0.4, 0.5) is 15.9 Å². The molecule has 2 heterocycles. The van der Waals surface area contributed by atoms with Gasteiger partial charge in [0, 0.05) is 44.0 Å². The van der Waals surface area contributed by atoms with Crippen molar-refractivity contribution in [3.8, 4) is 0 Å². The molecule has 1 atom stereocenters. The maximum absolute atomic E-state index is 13.1. The van der Waals surface area contributed by atoms with Crippen molar-refractivity contribution >= 4 is 17.4 Å². The monoisotopic (exact) mass is 371 g/mol. The summed E-state index contributed by atoms with van der Waals surface area (Å²) in [5, 5.41) is 3.30. The van der Waals surface area contributed by atoms with Crippen LogP contribution in [0.15, 0.2) is 30.3 Å².